The number of carbonyl (C=O) groups excluding carboxylic acids is 1. The maximum absolute atomic E-state index is 12.2. The Bertz CT molecular complexity index is 468. The van der Waals surface area contributed by atoms with Crippen LogP contribution in [0.4, 0.5) is 0 Å². The van der Waals surface area contributed by atoms with E-state index in [2.05, 4.69) is 28.6 Å². The molecule has 2 rings (SSSR count). The van der Waals surface area contributed by atoms with E-state index in [0.717, 1.165) is 19.5 Å². The van der Waals surface area contributed by atoms with Gasteiger partial charge in [-0.15, -0.1) is 0 Å². The summed E-state index contributed by atoms with van der Waals surface area (Å²) in [6, 6.07) is 0. The van der Waals surface area contributed by atoms with E-state index in [-0.39, 0.29) is 11.8 Å². The molecule has 0 spiro atoms. The number of nitrogens with one attached hydrogen (secondary N) is 1. The fourth-order valence-corrected chi connectivity index (χ4v) is 2.67. The van der Waals surface area contributed by atoms with Crippen molar-refractivity contribution in [1.82, 2.24) is 24.9 Å². The molecule has 112 valence electrons. The molecule has 1 aliphatic rings. The summed E-state index contributed by atoms with van der Waals surface area (Å²) in [5, 5.41) is 7.74. The highest BCUT2D eigenvalue weighted by Crippen LogP contribution is 2.17. The van der Waals surface area contributed by atoms with Gasteiger partial charge in [-0.05, 0) is 14.1 Å². The van der Waals surface area contributed by atoms with E-state index in [1.165, 1.54) is 11.3 Å². The van der Waals surface area contributed by atoms with Crippen LogP contribution in [0, 0.1) is 5.92 Å². The molecule has 1 aromatic heterocycles. The van der Waals surface area contributed by atoms with Gasteiger partial charge in [-0.2, -0.15) is 5.10 Å². The van der Waals surface area contributed by atoms with Crippen LogP contribution in [0.15, 0.2) is 6.20 Å². The number of hydrogen-bond donors (Lipinski definition) is 1. The summed E-state index contributed by atoms with van der Waals surface area (Å²) in [5.74, 6) is 0.0685. The lowest BCUT2D eigenvalue weighted by molar-refractivity contribution is -0.133. The number of aromatic nitrogens is 2. The van der Waals surface area contributed by atoms with E-state index in [4.69, 9.17) is 0 Å². The molecule has 1 aliphatic heterocycles. The highest BCUT2D eigenvalue weighted by Gasteiger charge is 2.22. The van der Waals surface area contributed by atoms with Crippen molar-refractivity contribution in [3.63, 3.8) is 0 Å². The van der Waals surface area contributed by atoms with Crippen LogP contribution in [0.2, 0.25) is 0 Å². The fourth-order valence-electron chi connectivity index (χ4n) is 2.67. The molecule has 1 aromatic rings. The van der Waals surface area contributed by atoms with Crippen LogP contribution in [0.25, 0.3) is 0 Å². The second-order valence-electron chi connectivity index (χ2n) is 5.80. The van der Waals surface area contributed by atoms with Gasteiger partial charge in [0.25, 0.3) is 0 Å². The predicted molar refractivity (Wildman–Crippen MR) is 78.4 cm³/mol. The fraction of sp³-hybridized carbons (Fsp3) is 0.714. The molecular formula is C14H25N5O. The number of carbonyl (C=O) groups is 1. The van der Waals surface area contributed by atoms with Crippen molar-refractivity contribution >= 4 is 5.91 Å². The number of nitrogens with zero attached hydrogens (tertiary/aromatic N) is 4. The maximum atomic E-state index is 12.2. The Hall–Kier alpha value is -1.40. The van der Waals surface area contributed by atoms with Crippen LogP contribution >= 0.6 is 0 Å². The topological polar surface area (TPSA) is 53.4 Å². The van der Waals surface area contributed by atoms with Crippen molar-refractivity contribution in [3.05, 3.63) is 17.5 Å². The molecule has 1 amide bonds. The van der Waals surface area contributed by atoms with Gasteiger partial charge in [-0.1, -0.05) is 0 Å². The molecular weight excluding hydrogens is 254 g/mol. The highest BCUT2D eigenvalue weighted by atomic mass is 16.2. The van der Waals surface area contributed by atoms with Crippen molar-refractivity contribution in [2.45, 2.75) is 19.5 Å². The summed E-state index contributed by atoms with van der Waals surface area (Å²) in [7, 11) is 7.60. The zero-order valence-electron chi connectivity index (χ0n) is 12.9. The van der Waals surface area contributed by atoms with Gasteiger partial charge in [-0.3, -0.25) is 9.48 Å². The molecule has 0 radical (unpaired) electrons. The zero-order chi connectivity index (χ0) is 14.7. The summed E-state index contributed by atoms with van der Waals surface area (Å²) < 4.78 is 1.94. The monoisotopic (exact) mass is 279 g/mol. The van der Waals surface area contributed by atoms with Crippen LogP contribution in [-0.4, -0.2) is 66.8 Å². The molecule has 0 aliphatic carbocycles. The van der Waals surface area contributed by atoms with Crippen molar-refractivity contribution < 1.29 is 4.79 Å². The normalized spacial score (nSPS) is 16.8. The van der Waals surface area contributed by atoms with Gasteiger partial charge < -0.3 is 15.1 Å². The summed E-state index contributed by atoms with van der Waals surface area (Å²) in [4.78, 5) is 16.1. The molecule has 0 saturated heterocycles. The molecule has 1 N–H and O–H groups in total. The third kappa shape index (κ3) is 3.37. The number of hydrogen-bond acceptors (Lipinski definition) is 4. The Kier molecular flexibility index (Phi) is 4.77. The first-order chi connectivity index (χ1) is 9.51. The van der Waals surface area contributed by atoms with E-state index in [1.807, 2.05) is 11.7 Å². The van der Waals surface area contributed by atoms with E-state index < -0.39 is 0 Å². The summed E-state index contributed by atoms with van der Waals surface area (Å²) in [6.07, 6.45) is 3.09. The number of likely N-dealkylation sites (N-methyl/N-ethyl adjacent to an activating group) is 1. The standard InChI is InChI=1S/C14H25N5O/c1-15-7-11(14(20)17(2)3)9-19-10-12-8-18(4)6-5-13(12)16-19/h10-11,15H,5-9H2,1-4H3. The van der Waals surface area contributed by atoms with Crippen molar-refractivity contribution in [3.8, 4) is 0 Å². The Morgan fingerprint density at radius 2 is 2.30 bits per heavy atom. The Morgan fingerprint density at radius 3 is 2.95 bits per heavy atom. The second kappa shape index (κ2) is 6.37. The third-order valence-electron chi connectivity index (χ3n) is 3.74. The third-order valence-corrected chi connectivity index (χ3v) is 3.74. The van der Waals surface area contributed by atoms with Gasteiger partial charge in [0.2, 0.25) is 5.91 Å². The first-order valence-corrected chi connectivity index (χ1v) is 7.10. The first kappa shape index (κ1) is 15.0. The lowest BCUT2D eigenvalue weighted by Crippen LogP contribution is -2.37. The van der Waals surface area contributed by atoms with Crippen molar-refractivity contribution in [1.29, 1.82) is 0 Å². The summed E-state index contributed by atoms with van der Waals surface area (Å²) in [5.41, 5.74) is 2.47. The molecule has 2 heterocycles. The van der Waals surface area contributed by atoms with Crippen LogP contribution in [-0.2, 0) is 24.3 Å². The first-order valence-electron chi connectivity index (χ1n) is 7.10. The largest absolute Gasteiger partial charge is 0.348 e. The smallest absolute Gasteiger partial charge is 0.228 e. The molecule has 0 aromatic carbocycles. The van der Waals surface area contributed by atoms with Crippen molar-refractivity contribution in [2.24, 2.45) is 5.92 Å². The van der Waals surface area contributed by atoms with Crippen LogP contribution in [0.5, 0.6) is 0 Å². The molecule has 20 heavy (non-hydrogen) atoms. The van der Waals surface area contributed by atoms with Gasteiger partial charge >= 0.3 is 0 Å². The van der Waals surface area contributed by atoms with Crippen molar-refractivity contribution in [2.75, 3.05) is 41.3 Å². The summed E-state index contributed by atoms with van der Waals surface area (Å²) in [6.45, 7) is 3.31. The van der Waals surface area contributed by atoms with E-state index in [0.29, 0.717) is 13.1 Å². The average molecular weight is 279 g/mol. The molecule has 1 atom stereocenters. The van der Waals surface area contributed by atoms with Crippen LogP contribution in [0.1, 0.15) is 11.3 Å². The van der Waals surface area contributed by atoms with E-state index in [9.17, 15) is 4.79 Å². The average Bonchev–Trinajstić information content (AvgIpc) is 2.78. The highest BCUT2D eigenvalue weighted by molar-refractivity contribution is 5.78. The molecule has 0 fully saturated rings. The Morgan fingerprint density at radius 1 is 1.55 bits per heavy atom. The lowest BCUT2D eigenvalue weighted by atomic mass is 10.1. The van der Waals surface area contributed by atoms with Crippen LogP contribution < -0.4 is 5.32 Å². The predicted octanol–water partition coefficient (Wildman–Crippen LogP) is -0.205. The van der Waals surface area contributed by atoms with Crippen LogP contribution in [0.3, 0.4) is 0 Å². The van der Waals surface area contributed by atoms with Gasteiger partial charge in [0.1, 0.15) is 0 Å². The minimum Gasteiger partial charge on any atom is -0.348 e. The lowest BCUT2D eigenvalue weighted by Gasteiger charge is -2.20. The molecule has 1 unspecified atom stereocenters. The van der Waals surface area contributed by atoms with Gasteiger partial charge in [-0.25, -0.2) is 0 Å². The van der Waals surface area contributed by atoms with E-state index in [1.54, 1.807) is 19.0 Å². The molecule has 6 nitrogen and oxygen atoms in total. The number of amides is 1. The second-order valence-corrected chi connectivity index (χ2v) is 5.80. The van der Waals surface area contributed by atoms with Gasteiger partial charge in [0.05, 0.1) is 18.2 Å². The minimum atomic E-state index is -0.0749. The van der Waals surface area contributed by atoms with Gasteiger partial charge in [0, 0.05) is 51.9 Å². The Balaban J connectivity index is 2.09. The summed E-state index contributed by atoms with van der Waals surface area (Å²) >= 11 is 0. The quantitative estimate of drug-likeness (QED) is 0.811. The molecule has 0 bridgehead atoms. The molecule has 0 saturated carbocycles. The van der Waals surface area contributed by atoms with E-state index >= 15 is 0 Å². The van der Waals surface area contributed by atoms with Gasteiger partial charge in [0.15, 0.2) is 0 Å². The maximum Gasteiger partial charge on any atom is 0.228 e. The number of rotatable bonds is 5. The Labute approximate surface area is 120 Å². The zero-order valence-corrected chi connectivity index (χ0v) is 12.9. The SMILES string of the molecule is CNCC(Cn1cc2c(n1)CCN(C)C2)C(=O)N(C)C. The minimum absolute atomic E-state index is 0.0749. The molecule has 6 heteroatoms. The number of fused-ring (bicyclic) bond motifs is 1.